The maximum absolute atomic E-state index is 12.8. The lowest BCUT2D eigenvalue weighted by molar-refractivity contribution is 0.620. The van der Waals surface area contributed by atoms with Crippen molar-refractivity contribution in [2.24, 2.45) is 0 Å². The van der Waals surface area contributed by atoms with Crippen LogP contribution in [0.2, 0.25) is 0 Å². The highest BCUT2D eigenvalue weighted by atomic mass is 79.9. The molecule has 0 unspecified atom stereocenters. The van der Waals surface area contributed by atoms with Gasteiger partial charge in [0.1, 0.15) is 11.6 Å². The van der Waals surface area contributed by atoms with Crippen molar-refractivity contribution in [3.05, 3.63) is 40.5 Å². The van der Waals surface area contributed by atoms with Crippen molar-refractivity contribution < 1.29 is 4.39 Å². The normalized spacial score (nSPS) is 10.5. The predicted molar refractivity (Wildman–Crippen MR) is 67.1 cm³/mol. The third-order valence-corrected chi connectivity index (χ3v) is 2.88. The van der Waals surface area contributed by atoms with Gasteiger partial charge in [-0.2, -0.15) is 5.10 Å². The van der Waals surface area contributed by atoms with Crippen LogP contribution in [0.3, 0.4) is 0 Å². The molecule has 0 aliphatic carbocycles. The minimum Gasteiger partial charge on any atom is -0.365 e. The monoisotopic (exact) mass is 298 g/mol. The lowest BCUT2D eigenvalue weighted by Crippen LogP contribution is -2.01. The number of nitrogens with zero attached hydrogens (tertiary/aromatic N) is 3. The van der Waals surface area contributed by atoms with E-state index in [0.717, 1.165) is 12.1 Å². The third kappa shape index (κ3) is 3.03. The fraction of sp³-hybridized carbons (Fsp3) is 0.273. The number of nitrogens with one attached hydrogen (secondary N) is 1. The minimum absolute atomic E-state index is 0.360. The van der Waals surface area contributed by atoms with Crippen LogP contribution in [0.4, 0.5) is 10.2 Å². The van der Waals surface area contributed by atoms with Crippen molar-refractivity contribution in [2.75, 3.05) is 5.32 Å². The molecule has 1 N–H and O–H groups in total. The molecule has 0 aliphatic rings. The molecule has 0 saturated carbocycles. The van der Waals surface area contributed by atoms with Gasteiger partial charge < -0.3 is 5.32 Å². The molecule has 0 atom stereocenters. The zero-order chi connectivity index (χ0) is 12.3. The first-order chi connectivity index (χ1) is 8.19. The van der Waals surface area contributed by atoms with Gasteiger partial charge in [0.25, 0.3) is 0 Å². The third-order valence-electron chi connectivity index (χ3n) is 2.28. The number of hydrogen-bond acceptors (Lipinski definition) is 3. The van der Waals surface area contributed by atoms with E-state index in [1.807, 2.05) is 17.8 Å². The van der Waals surface area contributed by atoms with E-state index < -0.39 is 0 Å². The zero-order valence-corrected chi connectivity index (χ0v) is 10.9. The Morgan fingerprint density at radius 3 is 2.94 bits per heavy atom. The summed E-state index contributed by atoms with van der Waals surface area (Å²) < 4.78 is 15.3. The summed E-state index contributed by atoms with van der Waals surface area (Å²) >= 11 is 3.25. The molecule has 17 heavy (non-hydrogen) atoms. The smallest absolute Gasteiger partial charge is 0.142 e. The molecule has 4 nitrogen and oxygen atoms in total. The first kappa shape index (κ1) is 12.0. The average Bonchev–Trinajstić information content (AvgIpc) is 2.76. The fourth-order valence-corrected chi connectivity index (χ4v) is 1.86. The first-order valence-electron chi connectivity index (χ1n) is 5.25. The molecule has 2 rings (SSSR count). The first-order valence-corrected chi connectivity index (χ1v) is 6.04. The summed E-state index contributed by atoms with van der Waals surface area (Å²) in [5, 5.41) is 7.28. The van der Waals surface area contributed by atoms with Crippen molar-refractivity contribution >= 4 is 21.7 Å². The molecule has 0 fully saturated rings. The van der Waals surface area contributed by atoms with E-state index in [9.17, 15) is 4.39 Å². The Hall–Kier alpha value is -1.43. The lowest BCUT2D eigenvalue weighted by atomic mass is 10.3. The van der Waals surface area contributed by atoms with Crippen molar-refractivity contribution in [2.45, 2.75) is 20.0 Å². The van der Waals surface area contributed by atoms with Crippen LogP contribution in [-0.2, 0) is 13.1 Å². The highest BCUT2D eigenvalue weighted by Crippen LogP contribution is 2.20. The fourth-order valence-electron chi connectivity index (χ4n) is 1.40. The molecule has 0 radical (unpaired) electrons. The molecule has 0 saturated heterocycles. The van der Waals surface area contributed by atoms with Crippen LogP contribution in [0.15, 0.2) is 29.1 Å². The number of aromatic nitrogens is 3. The van der Waals surface area contributed by atoms with Gasteiger partial charge in [-0.3, -0.25) is 4.68 Å². The number of aryl methyl sites for hydroxylation is 1. The van der Waals surface area contributed by atoms with Crippen molar-refractivity contribution in [1.29, 1.82) is 0 Å². The number of hydrogen-bond donors (Lipinski definition) is 1. The molecule has 2 aromatic rings. The van der Waals surface area contributed by atoms with E-state index in [1.54, 1.807) is 6.20 Å². The molecule has 0 spiro atoms. The summed E-state index contributed by atoms with van der Waals surface area (Å²) in [7, 11) is 0. The van der Waals surface area contributed by atoms with Crippen molar-refractivity contribution in [1.82, 2.24) is 14.8 Å². The Kier molecular flexibility index (Phi) is 3.73. The van der Waals surface area contributed by atoms with Gasteiger partial charge in [-0.25, -0.2) is 9.37 Å². The van der Waals surface area contributed by atoms with Gasteiger partial charge in [0.15, 0.2) is 0 Å². The van der Waals surface area contributed by atoms with Crippen LogP contribution in [0, 0.1) is 5.82 Å². The zero-order valence-electron chi connectivity index (χ0n) is 9.32. The summed E-state index contributed by atoms with van der Waals surface area (Å²) in [5.41, 5.74) is 1.06. The summed E-state index contributed by atoms with van der Waals surface area (Å²) in [6.45, 7) is 3.48. The van der Waals surface area contributed by atoms with Crippen LogP contribution in [0.1, 0.15) is 12.5 Å². The SMILES string of the molecule is CCn1cc(CNc2ncc(F)cc2Br)cn1. The van der Waals surface area contributed by atoms with Crippen molar-refractivity contribution in [3.63, 3.8) is 0 Å². The van der Waals surface area contributed by atoms with Gasteiger partial charge in [-0.1, -0.05) is 0 Å². The second kappa shape index (κ2) is 5.27. The summed E-state index contributed by atoms with van der Waals surface area (Å²) in [6.07, 6.45) is 4.95. The Morgan fingerprint density at radius 2 is 2.29 bits per heavy atom. The highest BCUT2D eigenvalue weighted by molar-refractivity contribution is 9.10. The molecule has 0 aliphatic heterocycles. The van der Waals surface area contributed by atoms with Gasteiger partial charge in [0.2, 0.25) is 0 Å². The standard InChI is InChI=1S/C11H12BrFN4/c1-2-17-7-8(5-16-17)4-14-11-10(12)3-9(13)6-15-11/h3,5-7H,2,4H2,1H3,(H,14,15). The maximum Gasteiger partial charge on any atom is 0.142 e. The van der Waals surface area contributed by atoms with E-state index in [0.29, 0.717) is 16.8 Å². The van der Waals surface area contributed by atoms with Crippen LogP contribution in [0.25, 0.3) is 0 Å². The summed E-state index contributed by atoms with van der Waals surface area (Å²) in [4.78, 5) is 3.96. The Bertz CT molecular complexity index is 512. The number of halogens is 2. The van der Waals surface area contributed by atoms with Gasteiger partial charge in [-0.05, 0) is 28.9 Å². The minimum atomic E-state index is -0.360. The van der Waals surface area contributed by atoms with Crippen LogP contribution in [0.5, 0.6) is 0 Å². The Balaban J connectivity index is 2.02. The average molecular weight is 299 g/mol. The van der Waals surface area contributed by atoms with E-state index >= 15 is 0 Å². The van der Waals surface area contributed by atoms with E-state index in [1.165, 1.54) is 12.3 Å². The molecule has 90 valence electrons. The Labute approximate surface area is 107 Å². The molecule has 0 bridgehead atoms. The van der Waals surface area contributed by atoms with Crippen molar-refractivity contribution in [3.8, 4) is 0 Å². The molecule has 2 aromatic heterocycles. The molecular formula is C11H12BrFN4. The van der Waals surface area contributed by atoms with Crippen LogP contribution in [-0.4, -0.2) is 14.8 Å². The van der Waals surface area contributed by atoms with Gasteiger partial charge in [-0.15, -0.1) is 0 Å². The number of pyridine rings is 1. The van der Waals surface area contributed by atoms with Gasteiger partial charge >= 0.3 is 0 Å². The molecular weight excluding hydrogens is 287 g/mol. The number of anilines is 1. The van der Waals surface area contributed by atoms with E-state index in [2.05, 4.69) is 31.3 Å². The predicted octanol–water partition coefficient (Wildman–Crippen LogP) is 2.81. The summed E-state index contributed by atoms with van der Waals surface area (Å²) in [5.74, 6) is 0.261. The number of rotatable bonds is 4. The lowest BCUT2D eigenvalue weighted by Gasteiger charge is -2.05. The largest absolute Gasteiger partial charge is 0.365 e. The molecule has 0 aromatic carbocycles. The van der Waals surface area contributed by atoms with Gasteiger partial charge in [0, 0.05) is 24.8 Å². The van der Waals surface area contributed by atoms with Gasteiger partial charge in [0.05, 0.1) is 16.9 Å². The van der Waals surface area contributed by atoms with Crippen LogP contribution < -0.4 is 5.32 Å². The molecule has 2 heterocycles. The highest BCUT2D eigenvalue weighted by Gasteiger charge is 2.03. The van der Waals surface area contributed by atoms with Crippen LogP contribution >= 0.6 is 15.9 Å². The summed E-state index contributed by atoms with van der Waals surface area (Å²) in [6, 6.07) is 1.38. The quantitative estimate of drug-likeness (QED) is 0.944. The Morgan fingerprint density at radius 1 is 1.47 bits per heavy atom. The second-order valence-corrected chi connectivity index (χ2v) is 4.40. The van der Waals surface area contributed by atoms with E-state index in [4.69, 9.17) is 0 Å². The molecule has 0 amide bonds. The maximum atomic E-state index is 12.8. The molecule has 6 heteroatoms. The topological polar surface area (TPSA) is 42.7 Å². The second-order valence-electron chi connectivity index (χ2n) is 3.54. The van der Waals surface area contributed by atoms with E-state index in [-0.39, 0.29) is 5.82 Å².